The van der Waals surface area contributed by atoms with Crippen LogP contribution in [0.15, 0.2) is 24.4 Å². The number of hydrogen-bond acceptors (Lipinski definition) is 7. The van der Waals surface area contributed by atoms with E-state index in [-0.39, 0.29) is 47.8 Å². The number of imidazole rings is 1. The van der Waals surface area contributed by atoms with Gasteiger partial charge in [-0.05, 0) is 43.5 Å². The van der Waals surface area contributed by atoms with E-state index >= 15 is 4.39 Å². The first-order valence-electron chi connectivity index (χ1n) is 16.2. The highest BCUT2D eigenvalue weighted by Crippen LogP contribution is 2.28. The van der Waals surface area contributed by atoms with Crippen LogP contribution in [0.25, 0.3) is 0 Å². The maximum atomic E-state index is 15.4. The number of aromatic nitrogens is 2. The van der Waals surface area contributed by atoms with Crippen molar-refractivity contribution in [3.63, 3.8) is 0 Å². The van der Waals surface area contributed by atoms with Crippen LogP contribution in [0.4, 0.5) is 18.9 Å². The molecule has 48 heavy (non-hydrogen) atoms. The van der Waals surface area contributed by atoms with Crippen molar-refractivity contribution >= 4 is 35.2 Å². The molecule has 0 bridgehead atoms. The maximum Gasteiger partial charge on any atom is 0.287 e. The summed E-state index contributed by atoms with van der Waals surface area (Å²) in [6, 6.07) is 2.22. The van der Waals surface area contributed by atoms with Crippen molar-refractivity contribution in [2.45, 2.75) is 70.4 Å². The molecule has 1 saturated heterocycles. The second kappa shape index (κ2) is 17.1. The number of H-pyrrole nitrogens is 1. The van der Waals surface area contributed by atoms with E-state index in [2.05, 4.69) is 30.8 Å². The van der Waals surface area contributed by atoms with E-state index < -0.39 is 48.6 Å². The third kappa shape index (κ3) is 10.0. The Hall–Kier alpha value is -4.47. The van der Waals surface area contributed by atoms with Gasteiger partial charge in [-0.2, -0.15) is 0 Å². The number of carbonyl (C=O) groups excluding carboxylic acids is 5. The minimum atomic E-state index is -2.76. The first kappa shape index (κ1) is 36.4. The van der Waals surface area contributed by atoms with Gasteiger partial charge in [-0.25, -0.2) is 18.2 Å². The lowest BCUT2D eigenvalue weighted by Gasteiger charge is -2.34. The minimum Gasteiger partial charge on any atom is -0.344 e. The number of likely N-dealkylation sites (N-methyl/N-ethyl adjacent to an activating group) is 1. The number of amides is 5. The Bertz CT molecular complexity index is 1460. The highest BCUT2D eigenvalue weighted by atomic mass is 19.3. The topological polar surface area (TPSA) is 169 Å². The van der Waals surface area contributed by atoms with Gasteiger partial charge in [0.05, 0.1) is 18.4 Å². The van der Waals surface area contributed by atoms with Crippen LogP contribution in [-0.4, -0.2) is 108 Å². The van der Waals surface area contributed by atoms with Gasteiger partial charge in [0.1, 0.15) is 23.6 Å². The van der Waals surface area contributed by atoms with Gasteiger partial charge in [-0.3, -0.25) is 24.0 Å². The van der Waals surface area contributed by atoms with Crippen LogP contribution in [0.2, 0.25) is 0 Å². The predicted molar refractivity (Wildman–Crippen MR) is 170 cm³/mol. The van der Waals surface area contributed by atoms with E-state index in [4.69, 9.17) is 0 Å². The van der Waals surface area contributed by atoms with Gasteiger partial charge in [0.2, 0.25) is 17.7 Å². The molecule has 1 aliphatic heterocycles. The molecule has 2 heterocycles. The Morgan fingerprint density at radius 2 is 1.71 bits per heavy atom. The number of carbonyl (C=O) groups is 5. The van der Waals surface area contributed by atoms with E-state index in [1.165, 1.54) is 12.1 Å². The number of aromatic amines is 1. The summed E-state index contributed by atoms with van der Waals surface area (Å²) in [4.78, 5) is 74.3. The fourth-order valence-corrected chi connectivity index (χ4v) is 5.87. The number of piperazine rings is 1. The van der Waals surface area contributed by atoms with Crippen molar-refractivity contribution in [3.05, 3.63) is 47.3 Å². The molecule has 5 N–H and O–H groups in total. The van der Waals surface area contributed by atoms with Crippen molar-refractivity contribution in [3.8, 4) is 0 Å². The molecule has 4 rings (SSSR count). The van der Waals surface area contributed by atoms with Crippen molar-refractivity contribution in [2.24, 2.45) is 5.92 Å². The highest BCUT2D eigenvalue weighted by Gasteiger charge is 2.33. The normalized spacial score (nSPS) is 17.0. The van der Waals surface area contributed by atoms with Gasteiger partial charge in [0.25, 0.3) is 18.2 Å². The van der Waals surface area contributed by atoms with Crippen LogP contribution >= 0.6 is 0 Å². The number of rotatable bonds is 13. The molecule has 1 saturated carbocycles. The molecule has 262 valence electrons. The van der Waals surface area contributed by atoms with Gasteiger partial charge in [-0.1, -0.05) is 32.3 Å². The van der Waals surface area contributed by atoms with Crippen molar-refractivity contribution in [1.82, 2.24) is 35.7 Å². The van der Waals surface area contributed by atoms with Crippen LogP contribution in [0, 0.1) is 11.7 Å². The van der Waals surface area contributed by atoms with E-state index in [0.29, 0.717) is 44.6 Å². The summed E-state index contributed by atoms with van der Waals surface area (Å²) in [7, 11) is 1.97. The first-order valence-corrected chi connectivity index (χ1v) is 16.2. The summed E-state index contributed by atoms with van der Waals surface area (Å²) in [5, 5.41) is 9.99. The standard InChI is InChI=1S/C32H43F3N8O5/c1-3-26(44)38-23(32(48)43-13-11-42(2)12-14-43)16-19-9-10-22(21(33)15-19)40-30(46)27(20-7-5-4-6-8-20)41-29(45)24-17-36-28(39-24)31(47)37-18-25(34)35/h9-10,15,17,20,23,25,27H,3-8,11-14,16,18H2,1-2H3,(H,36,39)(H,37,47)(H,38,44)(H,40,46)(H,41,45)/t23-,27+/m1/s1. The fraction of sp³-hybridized carbons (Fsp3) is 0.562. The Kier molecular flexibility index (Phi) is 12.9. The number of nitrogens with one attached hydrogen (secondary N) is 5. The largest absolute Gasteiger partial charge is 0.344 e. The molecular weight excluding hydrogens is 633 g/mol. The summed E-state index contributed by atoms with van der Waals surface area (Å²) < 4.78 is 40.3. The zero-order valence-corrected chi connectivity index (χ0v) is 27.1. The fourth-order valence-electron chi connectivity index (χ4n) is 5.87. The number of halogens is 3. The van der Waals surface area contributed by atoms with Crippen molar-refractivity contribution in [2.75, 3.05) is 45.1 Å². The SMILES string of the molecule is CCC(=O)N[C@H](Cc1ccc(NC(=O)[C@@H](NC(=O)c2cnc(C(=O)NCC(F)F)[nH]2)C2CCCCC2)c(F)c1)C(=O)N1CCN(C)CC1. The Morgan fingerprint density at radius 1 is 1.00 bits per heavy atom. The minimum absolute atomic E-state index is 0.0507. The van der Waals surface area contributed by atoms with Crippen LogP contribution in [-0.2, 0) is 20.8 Å². The summed E-state index contributed by atoms with van der Waals surface area (Å²) in [5.74, 6) is -4.20. The molecule has 0 spiro atoms. The van der Waals surface area contributed by atoms with Gasteiger partial charge >= 0.3 is 0 Å². The van der Waals surface area contributed by atoms with E-state index in [1.54, 1.807) is 17.9 Å². The average Bonchev–Trinajstić information content (AvgIpc) is 3.58. The van der Waals surface area contributed by atoms with Gasteiger partial charge < -0.3 is 36.1 Å². The molecule has 2 fully saturated rings. The molecule has 5 amide bonds. The Morgan fingerprint density at radius 3 is 2.35 bits per heavy atom. The third-order valence-corrected chi connectivity index (χ3v) is 8.64. The van der Waals surface area contributed by atoms with Crippen LogP contribution in [0.3, 0.4) is 0 Å². The molecule has 13 nitrogen and oxygen atoms in total. The lowest BCUT2D eigenvalue weighted by Crippen LogP contribution is -2.54. The zero-order valence-electron chi connectivity index (χ0n) is 27.1. The Balaban J connectivity index is 1.45. The molecule has 16 heteroatoms. The Labute approximate surface area is 276 Å². The summed E-state index contributed by atoms with van der Waals surface area (Å²) in [6.07, 6.45) is 2.49. The molecule has 0 unspecified atom stereocenters. The number of anilines is 1. The quantitative estimate of drug-likeness (QED) is 0.217. The molecule has 1 aromatic heterocycles. The van der Waals surface area contributed by atoms with E-state index in [0.717, 1.165) is 25.5 Å². The number of alkyl halides is 2. The number of benzene rings is 1. The smallest absolute Gasteiger partial charge is 0.287 e. The highest BCUT2D eigenvalue weighted by molar-refractivity contribution is 6.01. The van der Waals surface area contributed by atoms with E-state index in [1.807, 2.05) is 12.4 Å². The molecule has 2 aliphatic rings. The van der Waals surface area contributed by atoms with Gasteiger partial charge in [-0.15, -0.1) is 0 Å². The summed E-state index contributed by atoms with van der Waals surface area (Å²) in [5.41, 5.74) is 0.161. The maximum absolute atomic E-state index is 15.4. The van der Waals surface area contributed by atoms with Crippen LogP contribution in [0.5, 0.6) is 0 Å². The summed E-state index contributed by atoms with van der Waals surface area (Å²) in [6.45, 7) is 3.24. The molecule has 1 aliphatic carbocycles. The molecular formula is C32H43F3N8O5. The summed E-state index contributed by atoms with van der Waals surface area (Å²) >= 11 is 0. The first-order chi connectivity index (χ1) is 22.9. The monoisotopic (exact) mass is 676 g/mol. The molecule has 2 atom stereocenters. The van der Waals surface area contributed by atoms with Crippen molar-refractivity contribution < 1.29 is 37.1 Å². The van der Waals surface area contributed by atoms with Gasteiger partial charge in [0, 0.05) is 39.0 Å². The second-order valence-electron chi connectivity index (χ2n) is 12.2. The third-order valence-electron chi connectivity index (χ3n) is 8.64. The molecule has 1 aromatic carbocycles. The molecule has 0 radical (unpaired) electrons. The van der Waals surface area contributed by atoms with Crippen molar-refractivity contribution in [1.29, 1.82) is 0 Å². The number of nitrogens with zero attached hydrogens (tertiary/aromatic N) is 3. The van der Waals surface area contributed by atoms with Crippen LogP contribution in [0.1, 0.15) is 72.1 Å². The second-order valence-corrected chi connectivity index (χ2v) is 12.2. The lowest BCUT2D eigenvalue weighted by molar-refractivity contribution is -0.137. The number of hydrogen-bond donors (Lipinski definition) is 5. The zero-order chi connectivity index (χ0) is 34.8. The average molecular weight is 677 g/mol. The molecule has 2 aromatic rings. The van der Waals surface area contributed by atoms with E-state index in [9.17, 15) is 32.8 Å². The lowest BCUT2D eigenvalue weighted by atomic mass is 9.83. The van der Waals surface area contributed by atoms with Crippen LogP contribution < -0.4 is 21.3 Å². The van der Waals surface area contributed by atoms with Gasteiger partial charge in [0.15, 0.2) is 5.82 Å². The predicted octanol–water partition coefficient (Wildman–Crippen LogP) is 2.07.